The molecule has 1 amide bonds. The van der Waals surface area contributed by atoms with Crippen LogP contribution < -0.4 is 5.32 Å². The molecule has 3 aromatic carbocycles. The molecule has 0 aliphatic rings. The highest BCUT2D eigenvalue weighted by Gasteiger charge is 2.14. The number of nitrogens with zero attached hydrogens (tertiary/aromatic N) is 2. The molecular formula is C23H21N3O2. The molecule has 1 heterocycles. The summed E-state index contributed by atoms with van der Waals surface area (Å²) in [6.45, 7) is 4.33. The maximum absolute atomic E-state index is 12.7. The van der Waals surface area contributed by atoms with Crippen LogP contribution in [0.25, 0.3) is 10.8 Å². The summed E-state index contributed by atoms with van der Waals surface area (Å²) in [5, 5.41) is 12.6. The Hall–Kier alpha value is -3.47. The van der Waals surface area contributed by atoms with E-state index >= 15 is 0 Å². The zero-order chi connectivity index (χ0) is 19.5. The normalized spacial score (nSPS) is 11.1. The van der Waals surface area contributed by atoms with Gasteiger partial charge in [-0.1, -0.05) is 79.6 Å². The van der Waals surface area contributed by atoms with Crippen LogP contribution in [-0.4, -0.2) is 16.1 Å². The minimum Gasteiger partial charge on any atom is -0.407 e. The van der Waals surface area contributed by atoms with Crippen molar-refractivity contribution in [2.24, 2.45) is 0 Å². The van der Waals surface area contributed by atoms with Gasteiger partial charge in [0.05, 0.1) is 6.42 Å². The lowest BCUT2D eigenvalue weighted by Crippen LogP contribution is -2.12. The van der Waals surface area contributed by atoms with Gasteiger partial charge in [-0.05, 0) is 33.9 Å². The fourth-order valence-corrected chi connectivity index (χ4v) is 3.16. The first-order chi connectivity index (χ1) is 13.6. The number of aromatic nitrogens is 2. The van der Waals surface area contributed by atoms with Crippen LogP contribution in [0.2, 0.25) is 0 Å². The molecule has 28 heavy (non-hydrogen) atoms. The van der Waals surface area contributed by atoms with Gasteiger partial charge in [-0.3, -0.25) is 10.1 Å². The molecule has 5 heteroatoms. The van der Waals surface area contributed by atoms with Crippen LogP contribution in [0.4, 0.5) is 6.01 Å². The van der Waals surface area contributed by atoms with E-state index in [0.29, 0.717) is 23.8 Å². The Kier molecular flexibility index (Phi) is 4.89. The van der Waals surface area contributed by atoms with Crippen LogP contribution in [0, 0.1) is 0 Å². The molecule has 0 saturated heterocycles. The highest BCUT2D eigenvalue weighted by Crippen LogP contribution is 2.20. The van der Waals surface area contributed by atoms with E-state index in [9.17, 15) is 4.79 Å². The number of hydrogen-bond donors (Lipinski definition) is 1. The minimum absolute atomic E-state index is 0.103. The van der Waals surface area contributed by atoms with Gasteiger partial charge in [0.2, 0.25) is 5.89 Å². The van der Waals surface area contributed by atoms with Crippen LogP contribution in [0.3, 0.4) is 0 Å². The summed E-state index contributed by atoms with van der Waals surface area (Å²) in [5.41, 5.74) is 2.94. The maximum atomic E-state index is 12.7. The zero-order valence-electron chi connectivity index (χ0n) is 15.8. The summed E-state index contributed by atoms with van der Waals surface area (Å²) in [6.07, 6.45) is 0.523. The number of carbonyl (C=O) groups is 1. The molecule has 4 rings (SSSR count). The third-order valence-corrected chi connectivity index (χ3v) is 4.72. The van der Waals surface area contributed by atoms with Gasteiger partial charge in [0, 0.05) is 5.56 Å². The second kappa shape index (κ2) is 7.64. The fourth-order valence-electron chi connectivity index (χ4n) is 3.16. The Bertz CT molecular complexity index is 1110. The van der Waals surface area contributed by atoms with Crippen LogP contribution in [0.5, 0.6) is 0 Å². The van der Waals surface area contributed by atoms with Crippen molar-refractivity contribution in [1.82, 2.24) is 10.2 Å². The van der Waals surface area contributed by atoms with Gasteiger partial charge >= 0.3 is 6.01 Å². The number of amides is 1. The predicted octanol–water partition coefficient (Wildman–Crippen LogP) is 5.19. The van der Waals surface area contributed by atoms with E-state index in [1.807, 2.05) is 36.4 Å². The number of rotatable bonds is 5. The van der Waals surface area contributed by atoms with Crippen molar-refractivity contribution in [2.75, 3.05) is 5.32 Å². The van der Waals surface area contributed by atoms with Gasteiger partial charge in [-0.15, -0.1) is 5.10 Å². The first-order valence-electron chi connectivity index (χ1n) is 9.30. The number of carbonyl (C=O) groups excluding carboxylic acids is 1. The van der Waals surface area contributed by atoms with E-state index in [0.717, 1.165) is 16.3 Å². The van der Waals surface area contributed by atoms with Gasteiger partial charge in [0.15, 0.2) is 0 Å². The number of fused-ring (bicyclic) bond motifs is 1. The number of benzene rings is 3. The molecule has 0 bridgehead atoms. The van der Waals surface area contributed by atoms with Crippen LogP contribution in [0.1, 0.15) is 47.1 Å². The summed E-state index contributed by atoms with van der Waals surface area (Å²) < 4.78 is 5.62. The summed E-state index contributed by atoms with van der Waals surface area (Å²) in [7, 11) is 0. The average molecular weight is 371 g/mol. The molecule has 1 aromatic heterocycles. The van der Waals surface area contributed by atoms with E-state index < -0.39 is 0 Å². The molecule has 4 aromatic rings. The smallest absolute Gasteiger partial charge is 0.322 e. The molecular weight excluding hydrogens is 350 g/mol. The van der Waals surface area contributed by atoms with Crippen molar-refractivity contribution in [2.45, 2.75) is 26.2 Å². The number of hydrogen-bond acceptors (Lipinski definition) is 4. The molecule has 0 aliphatic heterocycles. The molecule has 1 N–H and O–H groups in total. The lowest BCUT2D eigenvalue weighted by Gasteiger charge is -2.06. The third kappa shape index (κ3) is 3.78. The summed E-state index contributed by atoms with van der Waals surface area (Å²) in [6, 6.07) is 21.8. The molecule has 0 spiro atoms. The summed E-state index contributed by atoms with van der Waals surface area (Å²) >= 11 is 0. The number of anilines is 1. The molecule has 0 unspecified atom stereocenters. The second-order valence-corrected chi connectivity index (χ2v) is 7.05. The Morgan fingerprint density at radius 2 is 1.71 bits per heavy atom. The van der Waals surface area contributed by atoms with E-state index in [-0.39, 0.29) is 11.9 Å². The van der Waals surface area contributed by atoms with E-state index in [4.69, 9.17) is 4.42 Å². The first-order valence-corrected chi connectivity index (χ1v) is 9.30. The van der Waals surface area contributed by atoms with Gasteiger partial charge in [0.1, 0.15) is 0 Å². The van der Waals surface area contributed by atoms with Crippen LogP contribution in [0.15, 0.2) is 71.1 Å². The lowest BCUT2D eigenvalue weighted by atomic mass is 10.0. The minimum atomic E-state index is -0.270. The van der Waals surface area contributed by atoms with Crippen molar-refractivity contribution in [3.8, 4) is 0 Å². The Balaban J connectivity index is 1.48. The summed E-state index contributed by atoms with van der Waals surface area (Å²) in [4.78, 5) is 12.7. The zero-order valence-corrected chi connectivity index (χ0v) is 15.8. The topological polar surface area (TPSA) is 68.0 Å². The van der Waals surface area contributed by atoms with E-state index in [2.05, 4.69) is 53.6 Å². The fraction of sp³-hybridized carbons (Fsp3) is 0.174. The van der Waals surface area contributed by atoms with E-state index in [1.54, 1.807) is 6.07 Å². The highest BCUT2D eigenvalue weighted by atomic mass is 16.4. The molecule has 0 saturated carbocycles. The van der Waals surface area contributed by atoms with Crippen molar-refractivity contribution < 1.29 is 9.21 Å². The molecule has 0 aliphatic carbocycles. The quantitative estimate of drug-likeness (QED) is 0.524. The van der Waals surface area contributed by atoms with Gasteiger partial charge in [0.25, 0.3) is 5.91 Å². The van der Waals surface area contributed by atoms with Crippen molar-refractivity contribution >= 4 is 22.7 Å². The van der Waals surface area contributed by atoms with Gasteiger partial charge < -0.3 is 4.42 Å². The third-order valence-electron chi connectivity index (χ3n) is 4.72. The molecule has 0 radical (unpaired) electrons. The molecule has 0 fully saturated rings. The van der Waals surface area contributed by atoms with Gasteiger partial charge in [-0.2, -0.15) is 0 Å². The highest BCUT2D eigenvalue weighted by molar-refractivity contribution is 6.12. The Labute approximate surface area is 163 Å². The Morgan fingerprint density at radius 1 is 0.964 bits per heavy atom. The van der Waals surface area contributed by atoms with Gasteiger partial charge in [-0.25, -0.2) is 0 Å². The van der Waals surface area contributed by atoms with Crippen molar-refractivity contribution in [3.63, 3.8) is 0 Å². The van der Waals surface area contributed by atoms with E-state index in [1.165, 1.54) is 5.56 Å². The standard InChI is InChI=1S/C23H21N3O2/c1-15(2)17-12-10-16(11-13-17)14-21-25-26-23(28-21)24-22(27)20-9-5-7-18-6-3-4-8-19(18)20/h3-13,15H,14H2,1-2H3,(H,24,26,27). The van der Waals surface area contributed by atoms with Crippen molar-refractivity contribution in [1.29, 1.82) is 0 Å². The largest absolute Gasteiger partial charge is 0.407 e. The predicted molar refractivity (Wildman–Crippen MR) is 110 cm³/mol. The molecule has 140 valence electrons. The second-order valence-electron chi connectivity index (χ2n) is 7.05. The van der Waals surface area contributed by atoms with Crippen molar-refractivity contribution in [3.05, 3.63) is 89.3 Å². The lowest BCUT2D eigenvalue weighted by molar-refractivity contribution is 0.102. The molecule has 0 atom stereocenters. The maximum Gasteiger partial charge on any atom is 0.322 e. The SMILES string of the molecule is CC(C)c1ccc(Cc2nnc(NC(=O)c3cccc4ccccc34)o2)cc1. The Morgan fingerprint density at radius 3 is 2.50 bits per heavy atom. The molecule has 5 nitrogen and oxygen atoms in total. The first kappa shape index (κ1) is 17.9. The number of nitrogens with one attached hydrogen (secondary N) is 1. The monoisotopic (exact) mass is 371 g/mol. The van der Waals surface area contributed by atoms with Crippen LogP contribution in [-0.2, 0) is 6.42 Å². The summed E-state index contributed by atoms with van der Waals surface area (Å²) in [5.74, 6) is 0.687. The van der Waals surface area contributed by atoms with Crippen LogP contribution >= 0.6 is 0 Å². The average Bonchev–Trinajstić information content (AvgIpc) is 3.14.